The van der Waals surface area contributed by atoms with Gasteiger partial charge in [0.1, 0.15) is 12.3 Å². The first kappa shape index (κ1) is 16.4. The highest BCUT2D eigenvalue weighted by atomic mass is 35.6. The lowest BCUT2D eigenvalue weighted by atomic mass is 9.97. The minimum Gasteiger partial charge on any atom is -0.429 e. The van der Waals surface area contributed by atoms with Crippen molar-refractivity contribution < 1.29 is 18.7 Å². The fourth-order valence-corrected chi connectivity index (χ4v) is 1.21. The molecule has 1 rings (SSSR count). The molecule has 0 aliphatic carbocycles. The van der Waals surface area contributed by atoms with Crippen molar-refractivity contribution in [1.82, 2.24) is 4.98 Å². The molecule has 1 aromatic heterocycles. The van der Waals surface area contributed by atoms with E-state index in [0.29, 0.717) is 11.6 Å². The Hall–Kier alpha value is -0.650. The second kappa shape index (κ2) is 5.77. The predicted molar refractivity (Wildman–Crippen MR) is 72.2 cm³/mol. The number of oxazole rings is 1. The number of hydrogen-bond donors (Lipinski definition) is 0. The number of hydrogen-bond acceptors (Lipinski definition) is 5. The molecule has 0 radical (unpaired) electrons. The van der Waals surface area contributed by atoms with E-state index in [1.807, 2.05) is 20.8 Å². The van der Waals surface area contributed by atoms with Crippen molar-refractivity contribution in [3.8, 4) is 5.95 Å². The molecule has 0 unspecified atom stereocenters. The van der Waals surface area contributed by atoms with E-state index in [0.717, 1.165) is 0 Å². The molecule has 5 nitrogen and oxygen atoms in total. The zero-order valence-electron chi connectivity index (χ0n) is 10.9. The molecule has 0 fully saturated rings. The maximum atomic E-state index is 11.4. The van der Waals surface area contributed by atoms with Crippen LogP contribution in [0.1, 0.15) is 32.4 Å². The monoisotopic (exact) mass is 329 g/mol. The molecule has 0 bridgehead atoms. The van der Waals surface area contributed by atoms with Gasteiger partial charge in [0, 0.05) is 5.41 Å². The predicted octanol–water partition coefficient (Wildman–Crippen LogP) is 4.17. The average molecular weight is 331 g/mol. The molecule has 0 saturated carbocycles. The number of aromatic nitrogens is 1. The van der Waals surface area contributed by atoms with Crippen LogP contribution in [0.15, 0.2) is 4.42 Å². The molecule has 0 N–H and O–H groups in total. The number of halogens is 3. The minimum absolute atomic E-state index is 0.0285. The minimum atomic E-state index is -1.69. The van der Waals surface area contributed by atoms with Crippen molar-refractivity contribution in [3.63, 3.8) is 0 Å². The molecule has 0 spiro atoms. The molecular weight excluding hydrogens is 316 g/mol. The Morgan fingerprint density at radius 2 is 1.89 bits per heavy atom. The first-order chi connectivity index (χ1) is 8.49. The van der Waals surface area contributed by atoms with Crippen LogP contribution in [-0.2, 0) is 10.2 Å². The quantitative estimate of drug-likeness (QED) is 0.601. The number of aryl methyl sites for hydroxylation is 1. The number of nitrogens with zero attached hydrogens (tertiary/aromatic N) is 1. The third kappa shape index (κ3) is 5.47. The summed E-state index contributed by atoms with van der Waals surface area (Å²) in [5.41, 5.74) is 0.143. The summed E-state index contributed by atoms with van der Waals surface area (Å²) in [4.78, 5) is 15.5. The highest BCUT2D eigenvalue weighted by molar-refractivity contribution is 6.67. The van der Waals surface area contributed by atoms with E-state index in [2.05, 4.69) is 9.72 Å². The van der Waals surface area contributed by atoms with Gasteiger partial charge in [-0.15, -0.1) is 0 Å². The van der Waals surface area contributed by atoms with Crippen molar-refractivity contribution in [2.24, 2.45) is 0 Å². The highest BCUT2D eigenvalue weighted by Gasteiger charge is 2.26. The summed E-state index contributed by atoms with van der Waals surface area (Å²) in [5.74, 6) is 0.424. The lowest BCUT2D eigenvalue weighted by Gasteiger charge is -2.12. The van der Waals surface area contributed by atoms with Crippen LogP contribution < -0.4 is 4.74 Å². The summed E-state index contributed by atoms with van der Waals surface area (Å²) >= 11 is 16.3. The van der Waals surface area contributed by atoms with Gasteiger partial charge in [0.2, 0.25) is 9.68 Å². The molecule has 0 amide bonds. The Bertz CT molecular complexity index is 459. The average Bonchev–Trinajstić information content (AvgIpc) is 2.56. The van der Waals surface area contributed by atoms with Crippen LogP contribution in [0, 0.1) is 6.92 Å². The standard InChI is InChI=1S/C11H14Cl3NO4/c1-6-7(18-8(15-6)10(2,3)4)19-9(16)17-5-11(12,13)14/h5H2,1-4H3. The van der Waals surface area contributed by atoms with Crippen molar-refractivity contribution >= 4 is 41.0 Å². The molecule has 0 saturated heterocycles. The maximum absolute atomic E-state index is 11.4. The van der Waals surface area contributed by atoms with Crippen LogP contribution in [0.4, 0.5) is 4.79 Å². The Morgan fingerprint density at radius 3 is 2.32 bits per heavy atom. The third-order valence-electron chi connectivity index (χ3n) is 1.93. The molecule has 0 aromatic carbocycles. The van der Waals surface area contributed by atoms with Crippen molar-refractivity contribution in [3.05, 3.63) is 11.6 Å². The normalized spacial score (nSPS) is 12.4. The molecule has 8 heteroatoms. The second-order valence-electron chi connectivity index (χ2n) is 4.90. The fraction of sp³-hybridized carbons (Fsp3) is 0.636. The summed E-state index contributed by atoms with van der Waals surface area (Å²) in [7, 11) is 0. The van der Waals surface area contributed by atoms with Crippen LogP contribution in [-0.4, -0.2) is 21.5 Å². The van der Waals surface area contributed by atoms with Crippen LogP contribution in [0.3, 0.4) is 0 Å². The van der Waals surface area contributed by atoms with E-state index in [1.165, 1.54) is 0 Å². The number of rotatable bonds is 2. The first-order valence-electron chi connectivity index (χ1n) is 5.38. The van der Waals surface area contributed by atoms with Crippen molar-refractivity contribution in [2.75, 3.05) is 6.61 Å². The van der Waals surface area contributed by atoms with Crippen LogP contribution in [0.25, 0.3) is 0 Å². The smallest absolute Gasteiger partial charge is 0.429 e. The van der Waals surface area contributed by atoms with Gasteiger partial charge in [0.05, 0.1) is 0 Å². The summed E-state index contributed by atoms with van der Waals surface area (Å²) in [6.07, 6.45) is -1.02. The molecule has 1 aromatic rings. The van der Waals surface area contributed by atoms with Gasteiger partial charge in [-0.05, 0) is 6.92 Å². The first-order valence-corrected chi connectivity index (χ1v) is 6.52. The van der Waals surface area contributed by atoms with E-state index >= 15 is 0 Å². The number of ether oxygens (including phenoxy) is 2. The molecule has 0 aliphatic heterocycles. The zero-order valence-corrected chi connectivity index (χ0v) is 13.2. The summed E-state index contributed by atoms with van der Waals surface area (Å²) in [6.45, 7) is 6.99. The fourth-order valence-electron chi connectivity index (χ4n) is 1.04. The van der Waals surface area contributed by atoms with Gasteiger partial charge in [-0.1, -0.05) is 55.6 Å². The Balaban J connectivity index is 2.68. The van der Waals surface area contributed by atoms with Gasteiger partial charge in [-0.3, -0.25) is 0 Å². The number of carbonyl (C=O) groups is 1. The van der Waals surface area contributed by atoms with Crippen molar-refractivity contribution in [1.29, 1.82) is 0 Å². The Labute approximate surface area is 126 Å². The second-order valence-corrected chi connectivity index (χ2v) is 7.41. The topological polar surface area (TPSA) is 61.6 Å². The van der Waals surface area contributed by atoms with Gasteiger partial charge in [-0.25, -0.2) is 9.78 Å². The molecule has 108 valence electrons. The molecular formula is C11H14Cl3NO4. The highest BCUT2D eigenvalue weighted by Crippen LogP contribution is 2.29. The van der Waals surface area contributed by atoms with E-state index in [-0.39, 0.29) is 11.4 Å². The third-order valence-corrected chi connectivity index (χ3v) is 2.25. The molecule has 19 heavy (non-hydrogen) atoms. The Morgan fingerprint density at radius 1 is 1.32 bits per heavy atom. The van der Waals surface area contributed by atoms with Gasteiger partial charge < -0.3 is 13.9 Å². The number of carbonyl (C=O) groups excluding carboxylic acids is 1. The van der Waals surface area contributed by atoms with E-state index in [4.69, 9.17) is 44.0 Å². The SMILES string of the molecule is Cc1nc(C(C)(C)C)oc1OC(=O)OCC(Cl)(Cl)Cl. The van der Waals surface area contributed by atoms with Gasteiger partial charge >= 0.3 is 12.1 Å². The van der Waals surface area contributed by atoms with E-state index in [9.17, 15) is 4.79 Å². The lowest BCUT2D eigenvalue weighted by molar-refractivity contribution is 0.0902. The summed E-state index contributed by atoms with van der Waals surface area (Å²) in [5, 5.41) is 0. The summed E-state index contributed by atoms with van der Waals surface area (Å²) in [6, 6.07) is 0. The van der Waals surface area contributed by atoms with E-state index < -0.39 is 16.6 Å². The van der Waals surface area contributed by atoms with Crippen LogP contribution >= 0.6 is 34.8 Å². The van der Waals surface area contributed by atoms with Crippen LogP contribution in [0.2, 0.25) is 0 Å². The summed E-state index contributed by atoms with van der Waals surface area (Å²) < 4.78 is 13.1. The van der Waals surface area contributed by atoms with E-state index in [1.54, 1.807) is 6.92 Å². The van der Waals surface area contributed by atoms with Crippen LogP contribution in [0.5, 0.6) is 5.95 Å². The largest absolute Gasteiger partial charge is 0.516 e. The van der Waals surface area contributed by atoms with Gasteiger partial charge in [0.25, 0.3) is 0 Å². The molecule has 0 aliphatic rings. The zero-order chi connectivity index (χ0) is 14.8. The maximum Gasteiger partial charge on any atom is 0.516 e. The Kier molecular flexibility index (Phi) is 4.98. The van der Waals surface area contributed by atoms with Gasteiger partial charge in [0.15, 0.2) is 0 Å². The van der Waals surface area contributed by atoms with Crippen molar-refractivity contribution in [2.45, 2.75) is 36.9 Å². The number of alkyl halides is 3. The molecule has 0 atom stereocenters. The van der Waals surface area contributed by atoms with Gasteiger partial charge in [-0.2, -0.15) is 0 Å². The lowest BCUT2D eigenvalue weighted by Crippen LogP contribution is -2.19. The molecule has 1 heterocycles.